The van der Waals surface area contributed by atoms with Gasteiger partial charge in [-0.15, -0.1) is 0 Å². The van der Waals surface area contributed by atoms with E-state index in [1.165, 1.54) is 5.56 Å². The summed E-state index contributed by atoms with van der Waals surface area (Å²) in [5.41, 5.74) is 5.77. The van der Waals surface area contributed by atoms with E-state index >= 15 is 0 Å². The van der Waals surface area contributed by atoms with Crippen molar-refractivity contribution in [2.75, 3.05) is 14.2 Å². The number of methoxy groups -OCH3 is 1. The van der Waals surface area contributed by atoms with Gasteiger partial charge in [0.05, 0.1) is 19.0 Å². The number of hydrogen-bond acceptors (Lipinski definition) is 3. The zero-order valence-electron chi connectivity index (χ0n) is 12.2. The van der Waals surface area contributed by atoms with Crippen LogP contribution in [0.2, 0.25) is 0 Å². The van der Waals surface area contributed by atoms with E-state index in [-0.39, 0.29) is 0 Å². The molecule has 1 aromatic carbocycles. The van der Waals surface area contributed by atoms with Gasteiger partial charge in [-0.25, -0.2) is 0 Å². The average Bonchev–Trinajstić information content (AvgIpc) is 2.71. The topological polar surface area (TPSA) is 39.1 Å². The largest absolute Gasteiger partial charge is 0.496 e. The molecule has 0 radical (unpaired) electrons. The smallest absolute Gasteiger partial charge is 0.129 e. The zero-order valence-corrected chi connectivity index (χ0v) is 12.2. The van der Waals surface area contributed by atoms with E-state index in [0.717, 1.165) is 34.7 Å². The molecule has 0 amide bonds. The van der Waals surface area contributed by atoms with Crippen LogP contribution in [-0.2, 0) is 13.6 Å². The third kappa shape index (κ3) is 2.49. The Hall–Kier alpha value is -1.81. The molecule has 2 rings (SSSR count). The maximum Gasteiger partial charge on any atom is 0.129 e. The van der Waals surface area contributed by atoms with Crippen LogP contribution in [0.3, 0.4) is 0 Å². The minimum atomic E-state index is 0.780. The summed E-state index contributed by atoms with van der Waals surface area (Å²) < 4.78 is 7.48. The summed E-state index contributed by atoms with van der Waals surface area (Å²) in [6.45, 7) is 4.95. The van der Waals surface area contributed by atoms with E-state index in [2.05, 4.69) is 36.4 Å². The molecule has 0 fully saturated rings. The molecule has 2 aromatic rings. The number of ether oxygens (including phenoxy) is 1. The lowest BCUT2D eigenvalue weighted by molar-refractivity contribution is 0.413. The van der Waals surface area contributed by atoms with Crippen molar-refractivity contribution in [3.05, 3.63) is 35.2 Å². The third-order valence-corrected chi connectivity index (χ3v) is 3.32. The van der Waals surface area contributed by atoms with Crippen molar-refractivity contribution in [1.29, 1.82) is 0 Å². The van der Waals surface area contributed by atoms with Crippen LogP contribution in [0.1, 0.15) is 16.8 Å². The molecule has 1 heterocycles. The quantitative estimate of drug-likeness (QED) is 0.916. The van der Waals surface area contributed by atoms with Crippen LogP contribution >= 0.6 is 0 Å². The van der Waals surface area contributed by atoms with Crippen LogP contribution in [0.15, 0.2) is 18.3 Å². The standard InChI is InChI=1S/C15H21N3O/c1-10-6-11(2)15(19-5)12(7-10)13-8-17-18(4)14(13)9-16-3/h6-8,16H,9H2,1-5H3. The summed E-state index contributed by atoms with van der Waals surface area (Å²) in [5, 5.41) is 7.55. The molecule has 102 valence electrons. The van der Waals surface area contributed by atoms with Crippen molar-refractivity contribution >= 4 is 0 Å². The van der Waals surface area contributed by atoms with Gasteiger partial charge >= 0.3 is 0 Å². The van der Waals surface area contributed by atoms with Crippen LogP contribution < -0.4 is 10.1 Å². The second-order valence-electron chi connectivity index (χ2n) is 4.82. The number of rotatable bonds is 4. The summed E-state index contributed by atoms with van der Waals surface area (Å²) in [6, 6.07) is 4.29. The Morgan fingerprint density at radius 3 is 2.63 bits per heavy atom. The highest BCUT2D eigenvalue weighted by Gasteiger charge is 2.16. The van der Waals surface area contributed by atoms with E-state index in [4.69, 9.17) is 4.74 Å². The van der Waals surface area contributed by atoms with Gasteiger partial charge < -0.3 is 10.1 Å². The Labute approximate surface area is 114 Å². The number of nitrogens with one attached hydrogen (secondary N) is 1. The second-order valence-corrected chi connectivity index (χ2v) is 4.82. The molecule has 0 saturated heterocycles. The highest BCUT2D eigenvalue weighted by Crippen LogP contribution is 2.35. The number of nitrogens with zero attached hydrogens (tertiary/aromatic N) is 2. The fourth-order valence-electron chi connectivity index (χ4n) is 2.49. The molecule has 0 aliphatic heterocycles. The molecule has 4 heteroatoms. The van der Waals surface area contributed by atoms with Crippen molar-refractivity contribution in [2.45, 2.75) is 20.4 Å². The van der Waals surface area contributed by atoms with E-state index in [0.29, 0.717) is 0 Å². The lowest BCUT2D eigenvalue weighted by Crippen LogP contribution is -2.11. The molecule has 0 unspecified atom stereocenters. The van der Waals surface area contributed by atoms with Crippen molar-refractivity contribution in [3.8, 4) is 16.9 Å². The summed E-state index contributed by atoms with van der Waals surface area (Å²) in [6.07, 6.45) is 1.91. The van der Waals surface area contributed by atoms with Crippen LogP contribution in [0.5, 0.6) is 5.75 Å². The first-order valence-electron chi connectivity index (χ1n) is 6.39. The Kier molecular flexibility index (Phi) is 3.90. The van der Waals surface area contributed by atoms with Gasteiger partial charge in [0.2, 0.25) is 0 Å². The van der Waals surface area contributed by atoms with Crippen LogP contribution in [-0.4, -0.2) is 23.9 Å². The molecular formula is C15H21N3O. The molecule has 4 nitrogen and oxygen atoms in total. The van der Waals surface area contributed by atoms with E-state index in [9.17, 15) is 0 Å². The van der Waals surface area contributed by atoms with Crippen molar-refractivity contribution in [2.24, 2.45) is 7.05 Å². The number of benzene rings is 1. The molecule has 1 aromatic heterocycles. The molecule has 0 aliphatic rings. The van der Waals surface area contributed by atoms with Crippen molar-refractivity contribution < 1.29 is 4.74 Å². The SMILES string of the molecule is CNCc1c(-c2cc(C)cc(C)c2OC)cnn1C. The van der Waals surface area contributed by atoms with Gasteiger partial charge in [0, 0.05) is 24.7 Å². The average molecular weight is 259 g/mol. The first-order valence-corrected chi connectivity index (χ1v) is 6.39. The molecule has 0 atom stereocenters. The zero-order chi connectivity index (χ0) is 14.0. The normalized spacial score (nSPS) is 10.8. The summed E-state index contributed by atoms with van der Waals surface area (Å²) in [5.74, 6) is 0.927. The Bertz CT molecular complexity index is 587. The molecule has 0 saturated carbocycles. The lowest BCUT2D eigenvalue weighted by Gasteiger charge is -2.13. The maximum absolute atomic E-state index is 5.57. The summed E-state index contributed by atoms with van der Waals surface area (Å²) in [4.78, 5) is 0. The predicted molar refractivity (Wildman–Crippen MR) is 77.4 cm³/mol. The lowest BCUT2D eigenvalue weighted by atomic mass is 9.99. The molecule has 0 bridgehead atoms. The van der Waals surface area contributed by atoms with Crippen LogP contribution in [0.4, 0.5) is 0 Å². The van der Waals surface area contributed by atoms with Crippen molar-refractivity contribution in [1.82, 2.24) is 15.1 Å². The highest BCUT2D eigenvalue weighted by atomic mass is 16.5. The van der Waals surface area contributed by atoms with Gasteiger partial charge in [-0.1, -0.05) is 6.07 Å². The molecular weight excluding hydrogens is 238 g/mol. The van der Waals surface area contributed by atoms with Gasteiger partial charge in [-0.2, -0.15) is 5.10 Å². The van der Waals surface area contributed by atoms with Crippen LogP contribution in [0.25, 0.3) is 11.1 Å². The Balaban J connectivity index is 2.64. The van der Waals surface area contributed by atoms with Gasteiger partial charge in [0.25, 0.3) is 0 Å². The highest BCUT2D eigenvalue weighted by molar-refractivity contribution is 5.74. The third-order valence-electron chi connectivity index (χ3n) is 3.32. The van der Waals surface area contributed by atoms with Gasteiger partial charge in [0.1, 0.15) is 5.75 Å². The Morgan fingerprint density at radius 2 is 2.00 bits per heavy atom. The summed E-state index contributed by atoms with van der Waals surface area (Å²) >= 11 is 0. The van der Waals surface area contributed by atoms with Gasteiger partial charge in [0.15, 0.2) is 0 Å². The number of hydrogen-bond donors (Lipinski definition) is 1. The fourth-order valence-corrected chi connectivity index (χ4v) is 2.49. The molecule has 1 N–H and O–H groups in total. The first-order chi connectivity index (χ1) is 9.08. The monoisotopic (exact) mass is 259 g/mol. The minimum absolute atomic E-state index is 0.780. The van der Waals surface area contributed by atoms with Crippen molar-refractivity contribution in [3.63, 3.8) is 0 Å². The first kappa shape index (κ1) is 13.6. The second kappa shape index (κ2) is 5.45. The van der Waals surface area contributed by atoms with E-state index < -0.39 is 0 Å². The molecule has 0 spiro atoms. The van der Waals surface area contributed by atoms with E-state index in [1.807, 2.05) is 25.0 Å². The van der Waals surface area contributed by atoms with Gasteiger partial charge in [-0.3, -0.25) is 4.68 Å². The molecule has 19 heavy (non-hydrogen) atoms. The minimum Gasteiger partial charge on any atom is -0.496 e. The Morgan fingerprint density at radius 1 is 1.26 bits per heavy atom. The van der Waals surface area contributed by atoms with Crippen LogP contribution in [0, 0.1) is 13.8 Å². The summed E-state index contributed by atoms with van der Waals surface area (Å²) in [7, 11) is 5.62. The number of aryl methyl sites for hydroxylation is 3. The maximum atomic E-state index is 5.57. The van der Waals surface area contributed by atoms with E-state index in [1.54, 1.807) is 7.11 Å². The predicted octanol–water partition coefficient (Wildman–Crippen LogP) is 2.43. The fraction of sp³-hybridized carbons (Fsp3) is 0.400. The van der Waals surface area contributed by atoms with Gasteiger partial charge in [-0.05, 0) is 38.1 Å². The number of aromatic nitrogens is 2. The molecule has 0 aliphatic carbocycles.